The molecule has 0 unspecified atom stereocenters. The maximum Gasteiger partial charge on any atom is 0.259 e. The van der Waals surface area contributed by atoms with Crippen LogP contribution in [0.3, 0.4) is 0 Å². The molecule has 1 amide bonds. The summed E-state index contributed by atoms with van der Waals surface area (Å²) in [7, 11) is 3.14. The third-order valence-electron chi connectivity index (χ3n) is 3.84. The Bertz CT molecular complexity index is 964. The first-order valence-corrected chi connectivity index (χ1v) is 7.76. The molecule has 6 nitrogen and oxygen atoms in total. The van der Waals surface area contributed by atoms with E-state index in [-0.39, 0.29) is 17.1 Å². The highest BCUT2D eigenvalue weighted by Gasteiger charge is 2.16. The standard InChI is InChI=1S/C19H16FN3O3/c1-23-10-9-21-18(23)17(24)12-3-6-14(7-4-12)22-19(25)15-11-13(20)5-8-16(15)26-2/h3-11H,1-2H3,(H,22,25). The maximum atomic E-state index is 13.4. The Morgan fingerprint density at radius 1 is 1.15 bits per heavy atom. The van der Waals surface area contributed by atoms with E-state index in [0.29, 0.717) is 17.1 Å². The van der Waals surface area contributed by atoms with Crippen LogP contribution in [0.1, 0.15) is 26.5 Å². The second kappa shape index (κ2) is 7.18. The molecule has 2 aromatic carbocycles. The van der Waals surface area contributed by atoms with Crippen molar-refractivity contribution in [2.45, 2.75) is 0 Å². The lowest BCUT2D eigenvalue weighted by Gasteiger charge is -2.10. The third-order valence-corrected chi connectivity index (χ3v) is 3.84. The van der Waals surface area contributed by atoms with Gasteiger partial charge in [0.15, 0.2) is 5.82 Å². The first-order chi connectivity index (χ1) is 12.5. The molecule has 3 aromatic rings. The smallest absolute Gasteiger partial charge is 0.259 e. The van der Waals surface area contributed by atoms with Crippen molar-refractivity contribution >= 4 is 17.4 Å². The second-order valence-electron chi connectivity index (χ2n) is 5.57. The van der Waals surface area contributed by atoms with Crippen LogP contribution in [-0.2, 0) is 7.05 Å². The molecule has 0 spiro atoms. The van der Waals surface area contributed by atoms with Gasteiger partial charge >= 0.3 is 0 Å². The van der Waals surface area contributed by atoms with Gasteiger partial charge in [0, 0.05) is 30.7 Å². The Morgan fingerprint density at radius 2 is 1.88 bits per heavy atom. The number of rotatable bonds is 5. The molecule has 1 aromatic heterocycles. The normalized spacial score (nSPS) is 10.4. The molecular weight excluding hydrogens is 337 g/mol. The zero-order chi connectivity index (χ0) is 18.7. The minimum absolute atomic E-state index is 0.0839. The predicted molar refractivity (Wildman–Crippen MR) is 94.0 cm³/mol. The average Bonchev–Trinajstić information content (AvgIpc) is 3.07. The number of hydrogen-bond acceptors (Lipinski definition) is 4. The minimum atomic E-state index is -0.535. The molecule has 0 bridgehead atoms. The quantitative estimate of drug-likeness (QED) is 0.716. The summed E-state index contributed by atoms with van der Waals surface area (Å²) in [4.78, 5) is 28.8. The number of carbonyl (C=O) groups excluding carboxylic acids is 2. The van der Waals surface area contributed by atoms with Crippen LogP contribution >= 0.6 is 0 Å². The van der Waals surface area contributed by atoms with Crippen LogP contribution in [0.5, 0.6) is 5.75 Å². The highest BCUT2D eigenvalue weighted by atomic mass is 19.1. The van der Waals surface area contributed by atoms with E-state index in [1.807, 2.05) is 0 Å². The number of amides is 1. The first kappa shape index (κ1) is 17.3. The van der Waals surface area contributed by atoms with Gasteiger partial charge in [0.05, 0.1) is 12.7 Å². The van der Waals surface area contributed by atoms with E-state index >= 15 is 0 Å². The van der Waals surface area contributed by atoms with Crippen molar-refractivity contribution in [3.8, 4) is 5.75 Å². The Morgan fingerprint density at radius 3 is 2.50 bits per heavy atom. The summed E-state index contributed by atoms with van der Waals surface area (Å²) < 4.78 is 20.1. The van der Waals surface area contributed by atoms with E-state index < -0.39 is 11.7 Å². The van der Waals surface area contributed by atoms with Crippen molar-refractivity contribution in [1.29, 1.82) is 0 Å². The van der Waals surface area contributed by atoms with E-state index in [9.17, 15) is 14.0 Å². The number of ether oxygens (including phenoxy) is 1. The van der Waals surface area contributed by atoms with Crippen molar-refractivity contribution in [3.63, 3.8) is 0 Å². The van der Waals surface area contributed by atoms with Gasteiger partial charge in [-0.2, -0.15) is 0 Å². The lowest BCUT2D eigenvalue weighted by Crippen LogP contribution is -2.14. The lowest BCUT2D eigenvalue weighted by atomic mass is 10.1. The van der Waals surface area contributed by atoms with E-state index in [1.54, 1.807) is 48.3 Å². The highest BCUT2D eigenvalue weighted by molar-refractivity contribution is 6.08. The predicted octanol–water partition coefficient (Wildman–Crippen LogP) is 3.05. The number of aryl methyl sites for hydroxylation is 1. The van der Waals surface area contributed by atoms with Crippen molar-refractivity contribution in [2.75, 3.05) is 12.4 Å². The largest absolute Gasteiger partial charge is 0.496 e. The summed E-state index contributed by atoms with van der Waals surface area (Å²) in [6.45, 7) is 0. The Kier molecular flexibility index (Phi) is 4.79. The Hall–Kier alpha value is -3.48. The summed E-state index contributed by atoms with van der Waals surface area (Å²) in [5.74, 6) is -0.671. The number of nitrogens with zero attached hydrogens (tertiary/aromatic N) is 2. The van der Waals surface area contributed by atoms with Crippen LogP contribution in [0.15, 0.2) is 54.9 Å². The molecule has 26 heavy (non-hydrogen) atoms. The molecule has 1 N–H and O–H groups in total. The number of nitrogens with one attached hydrogen (secondary N) is 1. The number of ketones is 1. The van der Waals surface area contributed by atoms with Gasteiger partial charge in [-0.25, -0.2) is 9.37 Å². The first-order valence-electron chi connectivity index (χ1n) is 7.76. The molecule has 0 aliphatic heterocycles. The van der Waals surface area contributed by atoms with Gasteiger partial charge in [-0.3, -0.25) is 9.59 Å². The van der Waals surface area contributed by atoms with E-state index in [4.69, 9.17) is 4.74 Å². The van der Waals surface area contributed by atoms with Crippen LogP contribution in [0.4, 0.5) is 10.1 Å². The number of aromatic nitrogens is 2. The number of anilines is 1. The number of hydrogen-bond donors (Lipinski definition) is 1. The van der Waals surface area contributed by atoms with Gasteiger partial charge in [-0.05, 0) is 42.5 Å². The van der Waals surface area contributed by atoms with Crippen LogP contribution < -0.4 is 10.1 Å². The molecular formula is C19H16FN3O3. The van der Waals surface area contributed by atoms with E-state index in [0.717, 1.165) is 6.07 Å². The van der Waals surface area contributed by atoms with Gasteiger partial charge in [0.25, 0.3) is 5.91 Å². The molecule has 0 saturated heterocycles. The highest BCUT2D eigenvalue weighted by Crippen LogP contribution is 2.21. The summed E-state index contributed by atoms with van der Waals surface area (Å²) in [6, 6.07) is 10.1. The van der Waals surface area contributed by atoms with Gasteiger partial charge in [-0.15, -0.1) is 0 Å². The van der Waals surface area contributed by atoms with Crippen molar-refractivity contribution in [2.24, 2.45) is 7.05 Å². The van der Waals surface area contributed by atoms with E-state index in [2.05, 4.69) is 10.3 Å². The Balaban J connectivity index is 1.78. The number of halogens is 1. The van der Waals surface area contributed by atoms with Gasteiger partial charge in [0.1, 0.15) is 11.6 Å². The Labute approximate surface area is 149 Å². The topological polar surface area (TPSA) is 73.2 Å². The number of benzene rings is 2. The van der Waals surface area contributed by atoms with Crippen LogP contribution in [0.25, 0.3) is 0 Å². The minimum Gasteiger partial charge on any atom is -0.496 e. The molecule has 0 radical (unpaired) electrons. The third kappa shape index (κ3) is 3.46. The van der Waals surface area contributed by atoms with Crippen LogP contribution in [0.2, 0.25) is 0 Å². The van der Waals surface area contributed by atoms with Crippen LogP contribution in [-0.4, -0.2) is 28.4 Å². The van der Waals surface area contributed by atoms with Gasteiger partial charge in [-0.1, -0.05) is 0 Å². The molecule has 1 heterocycles. The number of imidazole rings is 1. The molecule has 0 aliphatic rings. The van der Waals surface area contributed by atoms with Crippen LogP contribution in [0, 0.1) is 5.82 Å². The van der Waals surface area contributed by atoms with Crippen molar-refractivity contribution in [3.05, 3.63) is 77.6 Å². The molecule has 7 heteroatoms. The fourth-order valence-electron chi connectivity index (χ4n) is 2.47. The SMILES string of the molecule is COc1ccc(F)cc1C(=O)Nc1ccc(C(=O)c2nccn2C)cc1. The number of carbonyl (C=O) groups is 2. The van der Waals surface area contributed by atoms with Crippen molar-refractivity contribution in [1.82, 2.24) is 9.55 Å². The van der Waals surface area contributed by atoms with Crippen molar-refractivity contribution < 1.29 is 18.7 Å². The lowest BCUT2D eigenvalue weighted by molar-refractivity contribution is 0.101. The number of methoxy groups -OCH3 is 1. The summed E-state index contributed by atoms with van der Waals surface area (Å²) in [5, 5.41) is 2.65. The maximum absolute atomic E-state index is 13.4. The summed E-state index contributed by atoms with van der Waals surface area (Å²) in [5.41, 5.74) is 0.999. The van der Waals surface area contributed by atoms with Gasteiger partial charge < -0.3 is 14.6 Å². The molecule has 0 atom stereocenters. The molecule has 132 valence electrons. The summed E-state index contributed by atoms with van der Waals surface area (Å²) >= 11 is 0. The van der Waals surface area contributed by atoms with Gasteiger partial charge in [0.2, 0.25) is 5.78 Å². The molecule has 0 saturated carbocycles. The molecule has 3 rings (SSSR count). The fourth-order valence-corrected chi connectivity index (χ4v) is 2.47. The zero-order valence-corrected chi connectivity index (χ0v) is 14.2. The second-order valence-corrected chi connectivity index (χ2v) is 5.57. The zero-order valence-electron chi connectivity index (χ0n) is 14.2. The molecule has 0 aliphatic carbocycles. The average molecular weight is 353 g/mol. The summed E-state index contributed by atoms with van der Waals surface area (Å²) in [6.07, 6.45) is 3.24. The van der Waals surface area contributed by atoms with E-state index in [1.165, 1.54) is 19.2 Å². The molecule has 0 fully saturated rings. The fraction of sp³-hybridized carbons (Fsp3) is 0.105. The monoisotopic (exact) mass is 353 g/mol.